The predicted octanol–water partition coefficient (Wildman–Crippen LogP) is 5.05. The molecule has 0 spiro atoms. The Morgan fingerprint density at radius 3 is 1.82 bits per heavy atom. The molecule has 4 heteroatoms. The lowest BCUT2D eigenvalue weighted by Gasteiger charge is -2.13. The summed E-state index contributed by atoms with van der Waals surface area (Å²) >= 11 is 0. The van der Waals surface area contributed by atoms with E-state index in [-0.39, 0.29) is 18.2 Å². The van der Waals surface area contributed by atoms with Gasteiger partial charge in [-0.2, -0.15) is 0 Å². The number of aryl methyl sites for hydroxylation is 3. The quantitative estimate of drug-likeness (QED) is 0.659. The highest BCUT2D eigenvalue weighted by Gasteiger charge is 2.17. The molecule has 2 amide bonds. The second kappa shape index (κ2) is 8.53. The summed E-state index contributed by atoms with van der Waals surface area (Å²) in [5, 5.41) is 5.81. The summed E-state index contributed by atoms with van der Waals surface area (Å²) in [4.78, 5) is 25.4. The summed E-state index contributed by atoms with van der Waals surface area (Å²) in [6.07, 6.45) is 0.131. The Bertz CT molecular complexity index is 990. The van der Waals surface area contributed by atoms with Crippen LogP contribution in [-0.2, 0) is 11.2 Å². The first-order chi connectivity index (χ1) is 13.4. The zero-order valence-corrected chi connectivity index (χ0v) is 16.4. The fourth-order valence-electron chi connectivity index (χ4n) is 3.05. The van der Waals surface area contributed by atoms with Crippen molar-refractivity contribution in [2.45, 2.75) is 27.2 Å². The van der Waals surface area contributed by atoms with Crippen LogP contribution in [0.15, 0.2) is 66.7 Å². The van der Waals surface area contributed by atoms with Gasteiger partial charge >= 0.3 is 0 Å². The molecule has 0 bridgehead atoms. The molecule has 0 aliphatic heterocycles. The standard InChI is InChI=1S/C24H24N2O2/c1-16-7-11-20(12-8-16)25-22(27)15-19-6-4-5-18(3)23(19)24(28)26-21-13-9-17(2)10-14-21/h4-14H,15H2,1-3H3,(H,25,27)(H,26,28). The summed E-state index contributed by atoms with van der Waals surface area (Å²) in [5.41, 5.74) is 5.82. The van der Waals surface area contributed by atoms with Gasteiger partial charge < -0.3 is 10.6 Å². The first-order valence-electron chi connectivity index (χ1n) is 9.25. The average molecular weight is 372 g/mol. The molecular weight excluding hydrogens is 348 g/mol. The number of carbonyl (C=O) groups excluding carboxylic acids is 2. The molecule has 0 aliphatic carbocycles. The van der Waals surface area contributed by atoms with Crippen molar-refractivity contribution in [1.82, 2.24) is 0 Å². The van der Waals surface area contributed by atoms with Crippen LogP contribution in [0, 0.1) is 20.8 Å². The van der Waals surface area contributed by atoms with E-state index in [4.69, 9.17) is 0 Å². The van der Waals surface area contributed by atoms with Crippen LogP contribution >= 0.6 is 0 Å². The minimum atomic E-state index is -0.208. The summed E-state index contributed by atoms with van der Waals surface area (Å²) in [5.74, 6) is -0.362. The van der Waals surface area contributed by atoms with E-state index in [0.29, 0.717) is 11.1 Å². The van der Waals surface area contributed by atoms with Crippen molar-refractivity contribution in [2.24, 2.45) is 0 Å². The van der Waals surface area contributed by atoms with Gasteiger partial charge in [0.25, 0.3) is 5.91 Å². The van der Waals surface area contributed by atoms with Gasteiger partial charge in [-0.3, -0.25) is 9.59 Å². The van der Waals surface area contributed by atoms with Crippen molar-refractivity contribution in [1.29, 1.82) is 0 Å². The van der Waals surface area contributed by atoms with Gasteiger partial charge in [0.15, 0.2) is 0 Å². The van der Waals surface area contributed by atoms with Crippen molar-refractivity contribution >= 4 is 23.2 Å². The van der Waals surface area contributed by atoms with E-state index in [1.165, 1.54) is 0 Å². The van der Waals surface area contributed by atoms with Crippen LogP contribution in [0.25, 0.3) is 0 Å². The molecule has 0 atom stereocenters. The summed E-state index contributed by atoms with van der Waals surface area (Å²) in [6, 6.07) is 20.8. The molecule has 142 valence electrons. The highest BCUT2D eigenvalue weighted by Crippen LogP contribution is 2.19. The van der Waals surface area contributed by atoms with E-state index < -0.39 is 0 Å². The highest BCUT2D eigenvalue weighted by atomic mass is 16.2. The van der Waals surface area contributed by atoms with E-state index in [1.54, 1.807) is 0 Å². The number of nitrogens with one attached hydrogen (secondary N) is 2. The van der Waals surface area contributed by atoms with Gasteiger partial charge in [-0.25, -0.2) is 0 Å². The van der Waals surface area contributed by atoms with E-state index in [0.717, 1.165) is 28.1 Å². The fraction of sp³-hybridized carbons (Fsp3) is 0.167. The van der Waals surface area contributed by atoms with Gasteiger partial charge in [0.05, 0.1) is 6.42 Å². The molecule has 2 N–H and O–H groups in total. The monoisotopic (exact) mass is 372 g/mol. The molecule has 4 nitrogen and oxygen atoms in total. The molecule has 0 aliphatic rings. The Hall–Kier alpha value is -3.40. The summed E-state index contributed by atoms with van der Waals surface area (Å²) in [6.45, 7) is 5.88. The lowest BCUT2D eigenvalue weighted by atomic mass is 9.98. The second-order valence-corrected chi connectivity index (χ2v) is 7.02. The van der Waals surface area contributed by atoms with Crippen molar-refractivity contribution < 1.29 is 9.59 Å². The maximum absolute atomic E-state index is 12.9. The zero-order valence-electron chi connectivity index (χ0n) is 16.4. The molecule has 0 radical (unpaired) electrons. The van der Waals surface area contributed by atoms with Crippen molar-refractivity contribution in [3.05, 3.63) is 94.5 Å². The van der Waals surface area contributed by atoms with Gasteiger partial charge in [-0.05, 0) is 56.2 Å². The Morgan fingerprint density at radius 2 is 1.25 bits per heavy atom. The third-order valence-corrected chi connectivity index (χ3v) is 4.58. The van der Waals surface area contributed by atoms with E-state index in [9.17, 15) is 9.59 Å². The molecular formula is C24H24N2O2. The van der Waals surface area contributed by atoms with E-state index in [1.807, 2.05) is 87.5 Å². The molecule has 0 aromatic heterocycles. The van der Waals surface area contributed by atoms with E-state index in [2.05, 4.69) is 10.6 Å². The lowest BCUT2D eigenvalue weighted by Crippen LogP contribution is -2.20. The number of hydrogen-bond acceptors (Lipinski definition) is 2. The molecule has 3 aromatic rings. The van der Waals surface area contributed by atoms with Gasteiger partial charge in [0.1, 0.15) is 0 Å². The molecule has 3 rings (SSSR count). The third kappa shape index (κ3) is 4.86. The zero-order chi connectivity index (χ0) is 20.1. The fourth-order valence-corrected chi connectivity index (χ4v) is 3.05. The Balaban J connectivity index is 1.77. The van der Waals surface area contributed by atoms with E-state index >= 15 is 0 Å². The lowest BCUT2D eigenvalue weighted by molar-refractivity contribution is -0.115. The molecule has 3 aromatic carbocycles. The van der Waals surface area contributed by atoms with Crippen LogP contribution in [0.3, 0.4) is 0 Å². The van der Waals surface area contributed by atoms with Crippen LogP contribution in [-0.4, -0.2) is 11.8 Å². The minimum absolute atomic E-state index is 0.131. The normalized spacial score (nSPS) is 10.4. The first kappa shape index (κ1) is 19.4. The number of rotatable bonds is 5. The molecule has 0 saturated heterocycles. The SMILES string of the molecule is Cc1ccc(NC(=O)Cc2cccc(C)c2C(=O)Nc2ccc(C)cc2)cc1. The topological polar surface area (TPSA) is 58.2 Å². The van der Waals surface area contributed by atoms with Crippen molar-refractivity contribution in [3.63, 3.8) is 0 Å². The molecule has 0 saturated carbocycles. The number of benzene rings is 3. The van der Waals surface area contributed by atoms with Gasteiger partial charge in [-0.1, -0.05) is 53.6 Å². The third-order valence-electron chi connectivity index (χ3n) is 4.58. The van der Waals surface area contributed by atoms with Gasteiger partial charge in [0.2, 0.25) is 5.91 Å². The Kier molecular flexibility index (Phi) is 5.90. The van der Waals surface area contributed by atoms with Gasteiger partial charge in [-0.15, -0.1) is 0 Å². The molecule has 0 fully saturated rings. The minimum Gasteiger partial charge on any atom is -0.326 e. The maximum Gasteiger partial charge on any atom is 0.256 e. The number of amides is 2. The molecule has 0 unspecified atom stereocenters. The first-order valence-corrected chi connectivity index (χ1v) is 9.25. The predicted molar refractivity (Wildman–Crippen MR) is 114 cm³/mol. The molecule has 28 heavy (non-hydrogen) atoms. The van der Waals surface area contributed by atoms with Crippen LogP contribution in [0.2, 0.25) is 0 Å². The number of hydrogen-bond donors (Lipinski definition) is 2. The smallest absolute Gasteiger partial charge is 0.256 e. The van der Waals surface area contributed by atoms with Gasteiger partial charge in [0, 0.05) is 16.9 Å². The largest absolute Gasteiger partial charge is 0.326 e. The highest BCUT2D eigenvalue weighted by molar-refractivity contribution is 6.07. The number of anilines is 2. The Morgan fingerprint density at radius 1 is 0.714 bits per heavy atom. The van der Waals surface area contributed by atoms with Crippen molar-refractivity contribution in [3.8, 4) is 0 Å². The van der Waals surface area contributed by atoms with Crippen LogP contribution in [0.1, 0.15) is 32.6 Å². The van der Waals surface area contributed by atoms with Crippen LogP contribution in [0.5, 0.6) is 0 Å². The average Bonchev–Trinajstić information content (AvgIpc) is 2.65. The van der Waals surface area contributed by atoms with Crippen LogP contribution < -0.4 is 10.6 Å². The Labute approximate surface area is 165 Å². The number of carbonyl (C=O) groups is 2. The maximum atomic E-state index is 12.9. The summed E-state index contributed by atoms with van der Waals surface area (Å²) in [7, 11) is 0. The molecule has 0 heterocycles. The summed E-state index contributed by atoms with van der Waals surface area (Å²) < 4.78 is 0. The van der Waals surface area contributed by atoms with Crippen LogP contribution in [0.4, 0.5) is 11.4 Å². The van der Waals surface area contributed by atoms with Crippen molar-refractivity contribution in [2.75, 3.05) is 10.6 Å². The second-order valence-electron chi connectivity index (χ2n) is 7.02.